The maximum atomic E-state index is 11.8. The number of H-pyrrole nitrogens is 1. The second-order valence-electron chi connectivity index (χ2n) is 3.94. The Morgan fingerprint density at radius 1 is 1.47 bits per heavy atom. The van der Waals surface area contributed by atoms with Gasteiger partial charge < -0.3 is 15.8 Å². The molecule has 0 aliphatic carbocycles. The first-order valence-corrected chi connectivity index (χ1v) is 5.38. The molecule has 1 aromatic carbocycles. The minimum atomic E-state index is -0.395. The highest BCUT2D eigenvalue weighted by atomic mass is 35.5. The van der Waals surface area contributed by atoms with Gasteiger partial charge >= 0.3 is 0 Å². The zero-order chi connectivity index (χ0) is 13.3. The highest BCUT2D eigenvalue weighted by Crippen LogP contribution is 2.27. The number of nitrogens with zero attached hydrogens (tertiary/aromatic N) is 1. The fraction of sp³-hybridized carbons (Fsp3) is 0.167. The molecule has 19 heavy (non-hydrogen) atoms. The number of amides is 1. The Morgan fingerprint density at radius 3 is 2.74 bits per heavy atom. The Morgan fingerprint density at radius 2 is 2.16 bits per heavy atom. The fourth-order valence-corrected chi connectivity index (χ4v) is 1.71. The molecule has 0 atom stereocenters. The van der Waals surface area contributed by atoms with Crippen molar-refractivity contribution < 1.29 is 9.90 Å². The molecule has 0 unspecified atom stereocenters. The quantitative estimate of drug-likeness (QED) is 0.468. The molecule has 102 valence electrons. The van der Waals surface area contributed by atoms with Gasteiger partial charge in [-0.3, -0.25) is 15.1 Å². The molecule has 0 spiro atoms. The molecule has 1 heterocycles. The molecule has 0 saturated carbocycles. The molecule has 1 amide bonds. The number of hydrogen-bond donors (Lipinski definition) is 4. The van der Waals surface area contributed by atoms with Gasteiger partial charge in [-0.1, -0.05) is 6.07 Å². The molecular weight excluding hydrogens is 268 g/mol. The molecule has 6 nitrogen and oxygen atoms in total. The van der Waals surface area contributed by atoms with Gasteiger partial charge in [0.15, 0.2) is 5.96 Å². The highest BCUT2D eigenvalue weighted by Gasteiger charge is 2.13. The van der Waals surface area contributed by atoms with E-state index in [9.17, 15) is 9.90 Å². The fourth-order valence-electron chi connectivity index (χ4n) is 1.71. The van der Waals surface area contributed by atoms with Gasteiger partial charge in [0.2, 0.25) is 0 Å². The summed E-state index contributed by atoms with van der Waals surface area (Å²) in [6.45, 7) is 1.90. The lowest BCUT2D eigenvalue weighted by Crippen LogP contribution is -2.36. The third kappa shape index (κ3) is 2.79. The molecule has 2 aromatic rings. The summed E-state index contributed by atoms with van der Waals surface area (Å²) in [7, 11) is 1.48. The van der Waals surface area contributed by atoms with Crippen molar-refractivity contribution in [2.45, 2.75) is 6.92 Å². The van der Waals surface area contributed by atoms with Crippen LogP contribution < -0.4 is 11.1 Å². The number of phenols is 1. The third-order valence-corrected chi connectivity index (χ3v) is 2.72. The number of hydrogen-bond acceptors (Lipinski definition) is 3. The molecule has 0 aliphatic rings. The summed E-state index contributed by atoms with van der Waals surface area (Å²) in [6, 6.07) is 5.04. The van der Waals surface area contributed by atoms with Gasteiger partial charge in [-0.05, 0) is 24.6 Å². The van der Waals surface area contributed by atoms with Crippen molar-refractivity contribution in [1.82, 2.24) is 10.3 Å². The van der Waals surface area contributed by atoms with E-state index in [1.54, 1.807) is 18.2 Å². The summed E-state index contributed by atoms with van der Waals surface area (Å²) in [6.07, 6.45) is 0. The number of aromatic hydroxyl groups is 1. The number of benzene rings is 1. The van der Waals surface area contributed by atoms with Gasteiger partial charge in [-0.25, -0.2) is 0 Å². The monoisotopic (exact) mass is 282 g/mol. The van der Waals surface area contributed by atoms with E-state index in [4.69, 9.17) is 5.73 Å². The molecule has 0 bridgehead atoms. The number of nitrogens with one attached hydrogen (secondary N) is 2. The van der Waals surface area contributed by atoms with E-state index in [1.165, 1.54) is 7.05 Å². The SMILES string of the molecule is CN=C(N)NC(=O)c1cc2c(C)ccc(O)c2[nH]1.Cl. The van der Waals surface area contributed by atoms with Gasteiger partial charge in [0.05, 0.1) is 5.52 Å². The first-order chi connectivity index (χ1) is 8.52. The Bertz CT molecular complexity index is 609. The minimum Gasteiger partial charge on any atom is -0.506 e. The van der Waals surface area contributed by atoms with Crippen LogP contribution in [0.25, 0.3) is 10.9 Å². The van der Waals surface area contributed by atoms with Crippen molar-refractivity contribution in [2.24, 2.45) is 10.7 Å². The van der Waals surface area contributed by atoms with Crippen LogP contribution in [0.2, 0.25) is 0 Å². The molecule has 0 saturated heterocycles. The lowest BCUT2D eigenvalue weighted by molar-refractivity contribution is 0.0972. The van der Waals surface area contributed by atoms with E-state index in [0.29, 0.717) is 11.2 Å². The molecule has 0 aliphatic heterocycles. The van der Waals surface area contributed by atoms with Crippen molar-refractivity contribution in [3.05, 3.63) is 29.5 Å². The molecule has 1 aromatic heterocycles. The van der Waals surface area contributed by atoms with Crippen molar-refractivity contribution in [1.29, 1.82) is 0 Å². The zero-order valence-corrected chi connectivity index (χ0v) is 11.3. The van der Waals surface area contributed by atoms with Gasteiger partial charge in [0, 0.05) is 12.4 Å². The number of carbonyl (C=O) groups excluding carboxylic acids is 1. The third-order valence-electron chi connectivity index (χ3n) is 2.72. The number of aromatic nitrogens is 1. The van der Waals surface area contributed by atoms with Gasteiger partial charge in [-0.15, -0.1) is 12.4 Å². The molecule has 7 heteroatoms. The second kappa shape index (κ2) is 5.62. The normalized spacial score (nSPS) is 11.2. The predicted octanol–water partition coefficient (Wildman–Crippen LogP) is 1.28. The first kappa shape index (κ1) is 14.8. The molecule has 0 radical (unpaired) electrons. The van der Waals surface area contributed by atoms with E-state index in [2.05, 4.69) is 15.3 Å². The van der Waals surface area contributed by atoms with E-state index in [1.807, 2.05) is 6.92 Å². The number of fused-ring (bicyclic) bond motifs is 1. The van der Waals surface area contributed by atoms with Gasteiger partial charge in [0.25, 0.3) is 5.91 Å². The van der Waals surface area contributed by atoms with Crippen LogP contribution in [0.4, 0.5) is 0 Å². The van der Waals surface area contributed by atoms with Crippen LogP contribution in [0, 0.1) is 6.92 Å². The summed E-state index contributed by atoms with van der Waals surface area (Å²) in [5.74, 6) is -0.250. The number of guanidine groups is 1. The maximum absolute atomic E-state index is 11.8. The topological polar surface area (TPSA) is 104 Å². The number of aromatic amines is 1. The van der Waals surface area contributed by atoms with Crippen molar-refractivity contribution >= 4 is 35.2 Å². The Labute approximate surface area is 116 Å². The Hall–Kier alpha value is -2.21. The Kier molecular flexibility index (Phi) is 4.39. The lowest BCUT2D eigenvalue weighted by Gasteiger charge is -2.00. The maximum Gasteiger partial charge on any atom is 0.274 e. The number of nitrogens with two attached hydrogens (primary N) is 1. The number of aliphatic imine (C=N–C) groups is 1. The largest absolute Gasteiger partial charge is 0.506 e. The average Bonchev–Trinajstić information content (AvgIpc) is 2.80. The van der Waals surface area contributed by atoms with E-state index < -0.39 is 5.91 Å². The van der Waals surface area contributed by atoms with Crippen LogP contribution in [0.3, 0.4) is 0 Å². The second-order valence-corrected chi connectivity index (χ2v) is 3.94. The van der Waals surface area contributed by atoms with Crippen molar-refractivity contribution in [3.63, 3.8) is 0 Å². The van der Waals surface area contributed by atoms with Gasteiger partial charge in [-0.2, -0.15) is 0 Å². The van der Waals surface area contributed by atoms with Crippen LogP contribution in [0.15, 0.2) is 23.2 Å². The van der Waals surface area contributed by atoms with Crippen LogP contribution in [0.5, 0.6) is 5.75 Å². The smallest absolute Gasteiger partial charge is 0.274 e. The number of rotatable bonds is 1. The van der Waals surface area contributed by atoms with Crippen LogP contribution in [0.1, 0.15) is 16.1 Å². The number of aryl methyl sites for hydroxylation is 1. The summed E-state index contributed by atoms with van der Waals surface area (Å²) in [5, 5.41) is 12.9. The summed E-state index contributed by atoms with van der Waals surface area (Å²) >= 11 is 0. The molecule has 0 fully saturated rings. The summed E-state index contributed by atoms with van der Waals surface area (Å²) < 4.78 is 0. The van der Waals surface area contributed by atoms with E-state index in [-0.39, 0.29) is 24.1 Å². The number of phenolic OH excluding ortho intramolecular Hbond substituents is 1. The molecule has 2 rings (SSSR count). The van der Waals surface area contributed by atoms with Crippen LogP contribution in [-0.2, 0) is 0 Å². The van der Waals surface area contributed by atoms with Crippen molar-refractivity contribution in [3.8, 4) is 5.75 Å². The lowest BCUT2D eigenvalue weighted by atomic mass is 10.1. The van der Waals surface area contributed by atoms with Gasteiger partial charge in [0.1, 0.15) is 11.4 Å². The van der Waals surface area contributed by atoms with Crippen LogP contribution >= 0.6 is 12.4 Å². The molecular formula is C12H15ClN4O2. The van der Waals surface area contributed by atoms with Crippen molar-refractivity contribution in [2.75, 3.05) is 7.05 Å². The van der Waals surface area contributed by atoms with E-state index >= 15 is 0 Å². The van der Waals surface area contributed by atoms with E-state index in [0.717, 1.165) is 10.9 Å². The summed E-state index contributed by atoms with van der Waals surface area (Å²) in [5.41, 5.74) is 7.24. The first-order valence-electron chi connectivity index (χ1n) is 5.38. The Balaban J connectivity index is 0.00000180. The predicted molar refractivity (Wildman–Crippen MR) is 77.0 cm³/mol. The zero-order valence-electron chi connectivity index (χ0n) is 10.5. The highest BCUT2D eigenvalue weighted by molar-refractivity contribution is 6.07. The number of carbonyl (C=O) groups is 1. The standard InChI is InChI=1S/C12H14N4O2.ClH/c1-6-3-4-9(17)10-7(6)5-8(15-10)11(18)16-12(13)14-2;/h3-5,15,17H,1-2H3,(H3,13,14,16,18);1H. The average molecular weight is 283 g/mol. The number of halogens is 1. The molecule has 5 N–H and O–H groups in total. The minimum absolute atomic E-state index is 0. The summed E-state index contributed by atoms with van der Waals surface area (Å²) in [4.78, 5) is 18.3. The van der Waals surface area contributed by atoms with Crippen LogP contribution in [-0.4, -0.2) is 29.0 Å².